The molecule has 0 saturated carbocycles. The van der Waals surface area contributed by atoms with Crippen LogP contribution in [0, 0.1) is 0 Å². The van der Waals surface area contributed by atoms with Gasteiger partial charge in [0.2, 0.25) is 5.95 Å². The average molecular weight is 503 g/mol. The van der Waals surface area contributed by atoms with Crippen LogP contribution in [-0.2, 0) is 4.74 Å². The van der Waals surface area contributed by atoms with E-state index in [-0.39, 0.29) is 18.0 Å². The first-order valence-electron chi connectivity index (χ1n) is 12.4. The van der Waals surface area contributed by atoms with Crippen LogP contribution in [0.15, 0.2) is 54.9 Å². The Hall–Kier alpha value is -4.09. The van der Waals surface area contributed by atoms with Crippen molar-refractivity contribution in [3.63, 3.8) is 0 Å². The van der Waals surface area contributed by atoms with Gasteiger partial charge >= 0.3 is 6.03 Å². The molecule has 0 atom stereocenters. The lowest BCUT2D eigenvalue weighted by Gasteiger charge is -2.30. The van der Waals surface area contributed by atoms with E-state index in [0.717, 1.165) is 31.5 Å². The summed E-state index contributed by atoms with van der Waals surface area (Å²) in [6.45, 7) is 4.13. The number of anilines is 3. The minimum Gasteiger partial charge on any atom is -0.378 e. The third-order valence-electron chi connectivity index (χ3n) is 6.47. The second-order valence-electron chi connectivity index (χ2n) is 9.07. The Morgan fingerprint density at radius 1 is 0.865 bits per heavy atom. The Bertz CT molecular complexity index is 1220. The van der Waals surface area contributed by atoms with Gasteiger partial charge in [-0.1, -0.05) is 0 Å². The van der Waals surface area contributed by atoms with E-state index in [2.05, 4.69) is 30.5 Å². The Labute approximate surface area is 215 Å². The highest BCUT2D eigenvalue weighted by Crippen LogP contribution is 2.20. The molecule has 3 heterocycles. The summed E-state index contributed by atoms with van der Waals surface area (Å²) < 4.78 is 5.39. The van der Waals surface area contributed by atoms with E-state index in [1.165, 1.54) is 6.33 Å². The van der Waals surface area contributed by atoms with Gasteiger partial charge < -0.3 is 30.9 Å². The third kappa shape index (κ3) is 6.19. The summed E-state index contributed by atoms with van der Waals surface area (Å²) in [6, 6.07) is 14.0. The molecule has 0 aliphatic carbocycles. The molecule has 192 valence electrons. The monoisotopic (exact) mass is 502 g/mol. The number of ether oxygens (including phenoxy) is 1. The molecule has 11 nitrogen and oxygen atoms in total. The number of aromatic nitrogens is 3. The molecule has 2 fully saturated rings. The SMILES string of the molecule is NC1CCN(C(=O)c2ccc(NC(=O)Nc3ccc(-c4ncnc(N5CCOCC5)n4)cc3)cc2)CC1. The van der Waals surface area contributed by atoms with Crippen molar-refractivity contribution in [3.05, 3.63) is 60.4 Å². The van der Waals surface area contributed by atoms with Gasteiger partial charge in [0.05, 0.1) is 13.2 Å². The van der Waals surface area contributed by atoms with Gasteiger partial charge in [-0.15, -0.1) is 0 Å². The van der Waals surface area contributed by atoms with E-state index in [0.29, 0.717) is 55.0 Å². The van der Waals surface area contributed by atoms with Gasteiger partial charge in [-0.3, -0.25) is 4.79 Å². The molecule has 2 aliphatic heterocycles. The molecule has 1 aromatic heterocycles. The second kappa shape index (κ2) is 11.3. The van der Waals surface area contributed by atoms with Crippen LogP contribution in [0.2, 0.25) is 0 Å². The first-order valence-corrected chi connectivity index (χ1v) is 12.4. The Balaban J connectivity index is 1.15. The molecular formula is C26H30N8O3. The molecule has 2 saturated heterocycles. The van der Waals surface area contributed by atoms with Gasteiger partial charge in [0, 0.05) is 54.7 Å². The second-order valence-corrected chi connectivity index (χ2v) is 9.07. The van der Waals surface area contributed by atoms with Crippen molar-refractivity contribution in [2.45, 2.75) is 18.9 Å². The highest BCUT2D eigenvalue weighted by atomic mass is 16.5. The smallest absolute Gasteiger partial charge is 0.323 e. The van der Waals surface area contributed by atoms with E-state index >= 15 is 0 Å². The molecular weight excluding hydrogens is 472 g/mol. The third-order valence-corrected chi connectivity index (χ3v) is 6.47. The summed E-state index contributed by atoms with van der Waals surface area (Å²) in [7, 11) is 0. The number of urea groups is 1. The molecule has 0 spiro atoms. The molecule has 0 bridgehead atoms. The number of likely N-dealkylation sites (tertiary alicyclic amines) is 1. The molecule has 3 aromatic rings. The number of hydrogen-bond donors (Lipinski definition) is 3. The van der Waals surface area contributed by atoms with Gasteiger partial charge in [-0.05, 0) is 61.4 Å². The fraction of sp³-hybridized carbons (Fsp3) is 0.346. The van der Waals surface area contributed by atoms with Crippen LogP contribution in [0.1, 0.15) is 23.2 Å². The number of morpholine rings is 1. The maximum absolute atomic E-state index is 12.7. The van der Waals surface area contributed by atoms with Crippen molar-refractivity contribution >= 4 is 29.3 Å². The summed E-state index contributed by atoms with van der Waals surface area (Å²) in [4.78, 5) is 42.2. The van der Waals surface area contributed by atoms with Crippen LogP contribution >= 0.6 is 0 Å². The number of hydrogen-bond acceptors (Lipinski definition) is 8. The molecule has 5 rings (SSSR count). The van der Waals surface area contributed by atoms with Crippen molar-refractivity contribution in [1.82, 2.24) is 19.9 Å². The minimum absolute atomic E-state index is 0.0155. The lowest BCUT2D eigenvalue weighted by Crippen LogP contribution is -2.42. The van der Waals surface area contributed by atoms with Crippen LogP contribution < -0.4 is 21.3 Å². The first kappa shape index (κ1) is 24.6. The van der Waals surface area contributed by atoms with Crippen molar-refractivity contribution in [3.8, 4) is 11.4 Å². The van der Waals surface area contributed by atoms with Crippen molar-refractivity contribution in [1.29, 1.82) is 0 Å². The Morgan fingerprint density at radius 2 is 1.49 bits per heavy atom. The van der Waals surface area contributed by atoms with Gasteiger partial charge in [0.15, 0.2) is 5.82 Å². The number of carbonyl (C=O) groups excluding carboxylic acids is 2. The highest BCUT2D eigenvalue weighted by molar-refractivity contribution is 6.00. The number of carbonyl (C=O) groups is 2. The average Bonchev–Trinajstić information content (AvgIpc) is 2.94. The predicted octanol–water partition coefficient (Wildman–Crippen LogP) is 2.58. The number of rotatable bonds is 5. The normalized spacial score (nSPS) is 16.4. The zero-order chi connectivity index (χ0) is 25.6. The zero-order valence-corrected chi connectivity index (χ0v) is 20.5. The van der Waals surface area contributed by atoms with Gasteiger partial charge in [-0.25, -0.2) is 14.8 Å². The van der Waals surface area contributed by atoms with Gasteiger partial charge in [0.1, 0.15) is 6.33 Å². The van der Waals surface area contributed by atoms with E-state index < -0.39 is 0 Å². The van der Waals surface area contributed by atoms with E-state index in [9.17, 15) is 9.59 Å². The molecule has 37 heavy (non-hydrogen) atoms. The molecule has 2 aliphatic rings. The van der Waals surface area contributed by atoms with E-state index in [1.54, 1.807) is 36.4 Å². The van der Waals surface area contributed by atoms with Gasteiger partial charge in [0.25, 0.3) is 5.91 Å². The summed E-state index contributed by atoms with van der Waals surface area (Å²) in [6.07, 6.45) is 3.14. The van der Waals surface area contributed by atoms with Crippen molar-refractivity contribution < 1.29 is 14.3 Å². The number of amides is 3. The zero-order valence-electron chi connectivity index (χ0n) is 20.5. The van der Waals surface area contributed by atoms with Crippen LogP contribution in [0.4, 0.5) is 22.1 Å². The van der Waals surface area contributed by atoms with Crippen molar-refractivity contribution in [2.75, 3.05) is 54.9 Å². The fourth-order valence-electron chi connectivity index (χ4n) is 4.32. The molecule has 0 unspecified atom stereocenters. The lowest BCUT2D eigenvalue weighted by molar-refractivity contribution is 0.0714. The first-order chi connectivity index (χ1) is 18.0. The van der Waals surface area contributed by atoms with Crippen LogP contribution in [0.25, 0.3) is 11.4 Å². The molecule has 3 amide bonds. The minimum atomic E-state index is -0.383. The Kier molecular flexibility index (Phi) is 7.52. The predicted molar refractivity (Wildman–Crippen MR) is 140 cm³/mol. The molecule has 0 radical (unpaired) electrons. The van der Waals surface area contributed by atoms with Crippen LogP contribution in [-0.4, -0.2) is 77.2 Å². The number of nitrogens with two attached hydrogens (primary N) is 1. The van der Waals surface area contributed by atoms with Gasteiger partial charge in [-0.2, -0.15) is 4.98 Å². The number of nitrogens with one attached hydrogen (secondary N) is 2. The largest absolute Gasteiger partial charge is 0.378 e. The maximum atomic E-state index is 12.7. The summed E-state index contributed by atoms with van der Waals surface area (Å²) in [5, 5.41) is 5.60. The topological polar surface area (TPSA) is 139 Å². The maximum Gasteiger partial charge on any atom is 0.323 e. The standard InChI is InChI=1S/C26H30N8O3/c27-20-9-11-33(12-10-20)24(35)19-3-7-22(8-4-19)31-26(36)30-21-5-1-18(2-6-21)23-28-17-29-25(32-23)34-13-15-37-16-14-34/h1-8,17,20H,9-16,27H2,(H2,30,31,36). The molecule has 11 heteroatoms. The number of piperidine rings is 1. The summed E-state index contributed by atoms with van der Waals surface area (Å²) >= 11 is 0. The number of benzene rings is 2. The highest BCUT2D eigenvalue weighted by Gasteiger charge is 2.21. The van der Waals surface area contributed by atoms with Crippen LogP contribution in [0.3, 0.4) is 0 Å². The quantitative estimate of drug-likeness (QED) is 0.484. The van der Waals surface area contributed by atoms with E-state index in [1.807, 2.05) is 17.0 Å². The number of nitrogens with zero attached hydrogens (tertiary/aromatic N) is 5. The summed E-state index contributed by atoms with van der Waals surface area (Å²) in [5.74, 6) is 1.18. The lowest BCUT2D eigenvalue weighted by atomic mass is 10.0. The molecule has 2 aromatic carbocycles. The van der Waals surface area contributed by atoms with E-state index in [4.69, 9.17) is 10.5 Å². The Morgan fingerprint density at radius 3 is 2.14 bits per heavy atom. The molecule has 4 N–H and O–H groups in total. The van der Waals surface area contributed by atoms with Crippen molar-refractivity contribution in [2.24, 2.45) is 5.73 Å². The van der Waals surface area contributed by atoms with Crippen LogP contribution in [0.5, 0.6) is 0 Å². The summed E-state index contributed by atoms with van der Waals surface area (Å²) in [5.41, 5.74) is 8.55. The fourth-order valence-corrected chi connectivity index (χ4v) is 4.32.